The Morgan fingerprint density at radius 2 is 2.00 bits per heavy atom. The molecule has 3 aliphatic carbocycles. The van der Waals surface area contributed by atoms with E-state index in [0.717, 1.165) is 32.1 Å². The summed E-state index contributed by atoms with van der Waals surface area (Å²) in [7, 11) is 0. The van der Waals surface area contributed by atoms with Crippen LogP contribution in [0.15, 0.2) is 18.2 Å². The molecule has 3 aliphatic rings. The lowest BCUT2D eigenvalue weighted by Gasteiger charge is -2.49. The van der Waals surface area contributed by atoms with Gasteiger partial charge in [-0.1, -0.05) is 13.0 Å². The fourth-order valence-electron chi connectivity index (χ4n) is 5.56. The van der Waals surface area contributed by atoms with Crippen LogP contribution in [-0.4, -0.2) is 27.5 Å². The molecule has 0 amide bonds. The summed E-state index contributed by atoms with van der Waals surface area (Å²) in [6.45, 7) is 2.17. The molecule has 1 aromatic carbocycles. The summed E-state index contributed by atoms with van der Waals surface area (Å²) in [5.41, 5.74) is 2.57. The number of aliphatic hydroxyl groups is 2. The van der Waals surface area contributed by atoms with E-state index in [-0.39, 0.29) is 5.41 Å². The minimum Gasteiger partial charge on any atom is -0.508 e. The zero-order chi connectivity index (χ0) is 14.8. The van der Waals surface area contributed by atoms with Gasteiger partial charge in [-0.2, -0.15) is 0 Å². The molecule has 0 bridgehead atoms. The molecule has 0 aromatic heterocycles. The maximum atomic E-state index is 10.4. The van der Waals surface area contributed by atoms with Crippen LogP contribution in [0.1, 0.15) is 49.7 Å². The molecule has 4 rings (SSSR count). The summed E-state index contributed by atoms with van der Waals surface area (Å²) in [5.74, 6) is 1.88. The van der Waals surface area contributed by atoms with Gasteiger partial charge in [0.05, 0.1) is 12.2 Å². The first-order valence-electron chi connectivity index (χ1n) is 8.18. The largest absolute Gasteiger partial charge is 0.508 e. The molecule has 21 heavy (non-hydrogen) atoms. The number of rotatable bonds is 0. The molecule has 114 valence electrons. The summed E-state index contributed by atoms with van der Waals surface area (Å²) in [5, 5.41) is 30.2. The van der Waals surface area contributed by atoms with Crippen LogP contribution in [0.2, 0.25) is 0 Å². The number of phenolic OH excluding ortho intramolecular Hbond substituents is 1. The highest BCUT2D eigenvalue weighted by Crippen LogP contribution is 2.60. The summed E-state index contributed by atoms with van der Waals surface area (Å²) < 4.78 is 0. The Hall–Kier alpha value is -1.06. The number of aryl methyl sites for hydroxylation is 1. The van der Waals surface area contributed by atoms with Crippen molar-refractivity contribution < 1.29 is 15.3 Å². The van der Waals surface area contributed by atoms with Gasteiger partial charge in [-0.25, -0.2) is 0 Å². The molecule has 0 aliphatic heterocycles. The summed E-state index contributed by atoms with van der Waals surface area (Å²) in [6, 6.07) is 5.80. The van der Waals surface area contributed by atoms with Crippen molar-refractivity contribution in [1.82, 2.24) is 0 Å². The van der Waals surface area contributed by atoms with E-state index in [0.29, 0.717) is 23.5 Å². The zero-order valence-corrected chi connectivity index (χ0v) is 12.5. The SMILES string of the molecule is CC12CCC3c4ccc(O)cc4CCC3C1C[C@H](O)[C@@H]2O. The van der Waals surface area contributed by atoms with Gasteiger partial charge in [0.1, 0.15) is 5.75 Å². The Bertz CT molecular complexity index is 570. The third kappa shape index (κ3) is 1.80. The molecule has 0 saturated heterocycles. The molecule has 3 nitrogen and oxygen atoms in total. The molecule has 6 atom stereocenters. The topological polar surface area (TPSA) is 60.7 Å². The van der Waals surface area contributed by atoms with Gasteiger partial charge in [0, 0.05) is 0 Å². The van der Waals surface area contributed by atoms with E-state index in [4.69, 9.17) is 0 Å². The van der Waals surface area contributed by atoms with Gasteiger partial charge in [-0.3, -0.25) is 0 Å². The van der Waals surface area contributed by atoms with Crippen LogP contribution in [0.25, 0.3) is 0 Å². The fourth-order valence-corrected chi connectivity index (χ4v) is 5.56. The molecule has 0 heterocycles. The predicted octanol–water partition coefficient (Wildman–Crippen LogP) is 2.58. The highest BCUT2D eigenvalue weighted by molar-refractivity contribution is 5.40. The van der Waals surface area contributed by atoms with E-state index in [2.05, 4.69) is 13.0 Å². The van der Waals surface area contributed by atoms with E-state index in [1.807, 2.05) is 6.07 Å². The van der Waals surface area contributed by atoms with Gasteiger partial charge >= 0.3 is 0 Å². The molecule has 1 aromatic rings. The van der Waals surface area contributed by atoms with Crippen molar-refractivity contribution in [2.24, 2.45) is 17.3 Å². The van der Waals surface area contributed by atoms with E-state index >= 15 is 0 Å². The van der Waals surface area contributed by atoms with Gasteiger partial charge in [0.25, 0.3) is 0 Å². The standard InChI is InChI=1S/C18H24O3/c1-18-7-6-13-12-5-3-11(19)8-10(12)2-4-14(13)15(18)9-16(20)17(18)21/h3,5,8,13-17,19-21H,2,4,6-7,9H2,1H3/t13?,14?,15?,16-,17-,18?/m0/s1. The van der Waals surface area contributed by atoms with Gasteiger partial charge in [0.15, 0.2) is 0 Å². The maximum Gasteiger partial charge on any atom is 0.115 e. The van der Waals surface area contributed by atoms with Gasteiger partial charge in [-0.05, 0) is 78.5 Å². The van der Waals surface area contributed by atoms with E-state index < -0.39 is 12.2 Å². The first kappa shape index (κ1) is 13.6. The second-order valence-electron chi connectivity index (χ2n) is 7.59. The van der Waals surface area contributed by atoms with Gasteiger partial charge in [-0.15, -0.1) is 0 Å². The quantitative estimate of drug-likeness (QED) is 0.687. The Labute approximate surface area is 125 Å². The zero-order valence-electron chi connectivity index (χ0n) is 12.5. The lowest BCUT2D eigenvalue weighted by Crippen LogP contribution is -2.44. The monoisotopic (exact) mass is 288 g/mol. The molecule has 3 N–H and O–H groups in total. The van der Waals surface area contributed by atoms with Crippen molar-refractivity contribution >= 4 is 0 Å². The lowest BCUT2D eigenvalue weighted by atomic mass is 9.55. The van der Waals surface area contributed by atoms with Crippen molar-refractivity contribution in [3.8, 4) is 5.75 Å². The van der Waals surface area contributed by atoms with Crippen molar-refractivity contribution in [2.75, 3.05) is 0 Å². The number of aliphatic hydroxyl groups excluding tert-OH is 2. The molecular weight excluding hydrogens is 264 g/mol. The van der Waals surface area contributed by atoms with Crippen LogP contribution < -0.4 is 0 Å². The third-order valence-corrected chi connectivity index (χ3v) is 6.68. The summed E-state index contributed by atoms with van der Waals surface area (Å²) >= 11 is 0. The van der Waals surface area contributed by atoms with Gasteiger partial charge in [0.2, 0.25) is 0 Å². The van der Waals surface area contributed by atoms with Crippen LogP contribution >= 0.6 is 0 Å². The summed E-state index contributed by atoms with van der Waals surface area (Å²) in [6.07, 6.45) is 3.80. The molecule has 0 radical (unpaired) electrons. The van der Waals surface area contributed by atoms with Crippen LogP contribution in [0.4, 0.5) is 0 Å². The number of benzene rings is 1. The number of phenols is 1. The van der Waals surface area contributed by atoms with E-state index in [1.54, 1.807) is 6.07 Å². The Morgan fingerprint density at radius 3 is 2.81 bits per heavy atom. The second kappa shape index (κ2) is 4.47. The maximum absolute atomic E-state index is 10.4. The molecule has 2 saturated carbocycles. The van der Waals surface area contributed by atoms with Crippen molar-refractivity contribution in [3.63, 3.8) is 0 Å². The molecule has 4 unspecified atom stereocenters. The van der Waals surface area contributed by atoms with Crippen LogP contribution in [-0.2, 0) is 6.42 Å². The van der Waals surface area contributed by atoms with E-state index in [9.17, 15) is 15.3 Å². The average Bonchev–Trinajstić information content (AvgIpc) is 2.70. The minimum absolute atomic E-state index is 0.116. The van der Waals surface area contributed by atoms with Gasteiger partial charge < -0.3 is 15.3 Å². The molecular formula is C18H24O3. The molecule has 2 fully saturated rings. The normalized spacial score (nSPS) is 44.8. The number of hydrogen-bond acceptors (Lipinski definition) is 3. The third-order valence-electron chi connectivity index (χ3n) is 6.68. The van der Waals surface area contributed by atoms with E-state index in [1.165, 1.54) is 11.1 Å². The van der Waals surface area contributed by atoms with Crippen LogP contribution in [0.5, 0.6) is 5.75 Å². The van der Waals surface area contributed by atoms with Crippen molar-refractivity contribution in [1.29, 1.82) is 0 Å². The number of fused-ring (bicyclic) bond motifs is 5. The average molecular weight is 288 g/mol. The number of hydrogen-bond donors (Lipinski definition) is 3. The predicted molar refractivity (Wildman–Crippen MR) is 80.1 cm³/mol. The first-order valence-corrected chi connectivity index (χ1v) is 8.18. The molecule has 0 spiro atoms. The highest BCUT2D eigenvalue weighted by Gasteiger charge is 2.57. The fraction of sp³-hybridized carbons (Fsp3) is 0.667. The lowest BCUT2D eigenvalue weighted by molar-refractivity contribution is -0.0505. The Balaban J connectivity index is 1.71. The highest BCUT2D eigenvalue weighted by atomic mass is 16.3. The minimum atomic E-state index is -0.565. The smallest absolute Gasteiger partial charge is 0.115 e. The van der Waals surface area contributed by atoms with Crippen molar-refractivity contribution in [3.05, 3.63) is 29.3 Å². The first-order chi connectivity index (χ1) is 10.0. The Morgan fingerprint density at radius 1 is 1.19 bits per heavy atom. The van der Waals surface area contributed by atoms with Crippen molar-refractivity contribution in [2.45, 2.75) is 57.2 Å². The second-order valence-corrected chi connectivity index (χ2v) is 7.59. The Kier molecular flexibility index (Phi) is 2.89. The molecule has 3 heteroatoms. The van der Waals surface area contributed by atoms with Crippen LogP contribution in [0, 0.1) is 17.3 Å². The summed E-state index contributed by atoms with van der Waals surface area (Å²) in [4.78, 5) is 0. The van der Waals surface area contributed by atoms with Crippen LogP contribution in [0.3, 0.4) is 0 Å². The number of aromatic hydroxyl groups is 1.